The average molecular weight is 473 g/mol. The highest BCUT2D eigenvalue weighted by Crippen LogP contribution is 2.29. The van der Waals surface area contributed by atoms with Gasteiger partial charge in [0.05, 0.1) is 27.4 Å². The molecule has 0 saturated heterocycles. The Kier molecular flexibility index (Phi) is 5.51. The lowest BCUT2D eigenvalue weighted by Crippen LogP contribution is -2.26. The zero-order valence-electron chi connectivity index (χ0n) is 18.5. The zero-order chi connectivity index (χ0) is 23.8. The summed E-state index contributed by atoms with van der Waals surface area (Å²) in [6, 6.07) is 16.4. The second-order valence-corrected chi connectivity index (χ2v) is 8.25. The van der Waals surface area contributed by atoms with E-state index in [1.165, 1.54) is 6.33 Å². The van der Waals surface area contributed by atoms with Crippen LogP contribution in [-0.4, -0.2) is 32.5 Å². The summed E-state index contributed by atoms with van der Waals surface area (Å²) in [6.45, 7) is 1.94. The van der Waals surface area contributed by atoms with Crippen LogP contribution in [0, 0.1) is 0 Å². The number of benzene rings is 2. The van der Waals surface area contributed by atoms with Crippen molar-refractivity contribution in [2.24, 2.45) is 0 Å². The predicted molar refractivity (Wildman–Crippen MR) is 134 cm³/mol. The van der Waals surface area contributed by atoms with E-state index in [4.69, 9.17) is 11.6 Å². The zero-order valence-corrected chi connectivity index (χ0v) is 19.2. The van der Waals surface area contributed by atoms with E-state index < -0.39 is 0 Å². The van der Waals surface area contributed by atoms with Gasteiger partial charge in [-0.1, -0.05) is 41.9 Å². The predicted octanol–water partition coefficient (Wildman–Crippen LogP) is 4.45. The molecular formula is C25H21ClN6O2. The summed E-state index contributed by atoms with van der Waals surface area (Å²) in [5.74, 6) is 0.230. The van der Waals surface area contributed by atoms with Crippen molar-refractivity contribution in [2.75, 3.05) is 12.4 Å². The number of nitrogens with one attached hydrogen (secondary N) is 3. The molecule has 0 radical (unpaired) electrons. The minimum absolute atomic E-state index is 0.210. The summed E-state index contributed by atoms with van der Waals surface area (Å²) in [5, 5.41) is 8.20. The maximum atomic E-state index is 13.6. The van der Waals surface area contributed by atoms with Gasteiger partial charge in [-0.2, -0.15) is 0 Å². The number of anilines is 1. The van der Waals surface area contributed by atoms with Crippen LogP contribution >= 0.6 is 11.6 Å². The van der Waals surface area contributed by atoms with E-state index in [2.05, 4.69) is 25.6 Å². The maximum absolute atomic E-state index is 13.6. The largest absolute Gasteiger partial charge is 0.361 e. The van der Waals surface area contributed by atoms with Crippen molar-refractivity contribution in [3.05, 3.63) is 93.8 Å². The van der Waals surface area contributed by atoms with E-state index in [0.29, 0.717) is 32.8 Å². The second kappa shape index (κ2) is 8.64. The van der Waals surface area contributed by atoms with E-state index >= 15 is 0 Å². The molecule has 0 unspecified atom stereocenters. The molecule has 0 aliphatic rings. The van der Waals surface area contributed by atoms with Crippen LogP contribution in [0.25, 0.3) is 27.5 Å². The lowest BCUT2D eigenvalue weighted by molar-refractivity contribution is 0.0964. The van der Waals surface area contributed by atoms with Crippen LogP contribution in [0.4, 0.5) is 5.82 Å². The van der Waals surface area contributed by atoms with Crippen LogP contribution in [0.5, 0.6) is 0 Å². The summed E-state index contributed by atoms with van der Waals surface area (Å²) in [6.07, 6.45) is 3.03. The molecule has 0 bridgehead atoms. The molecule has 5 aromatic rings. The van der Waals surface area contributed by atoms with E-state index in [1.807, 2.05) is 55.5 Å². The molecule has 5 rings (SSSR count). The van der Waals surface area contributed by atoms with Gasteiger partial charge in [-0.3, -0.25) is 14.2 Å². The number of hydrogen-bond acceptors (Lipinski definition) is 5. The third-order valence-corrected chi connectivity index (χ3v) is 6.09. The van der Waals surface area contributed by atoms with Crippen molar-refractivity contribution in [1.29, 1.82) is 0 Å². The van der Waals surface area contributed by atoms with Crippen molar-refractivity contribution in [3.63, 3.8) is 0 Å². The standard InChI is InChI=1S/C25H21ClN6O2/c1-14(31-23-21-17(24(33)27-2)12-28-22(21)29-13-30-23)19-11-15-7-6-10-18(26)20(15)25(34)32(19)16-8-4-3-5-9-16/h3-14H,1-2H3,(H,27,33)(H2,28,29,30,31)/t14-/m0/s1. The van der Waals surface area contributed by atoms with Gasteiger partial charge < -0.3 is 15.6 Å². The molecule has 0 saturated carbocycles. The van der Waals surface area contributed by atoms with E-state index in [-0.39, 0.29) is 17.5 Å². The van der Waals surface area contributed by atoms with Crippen LogP contribution < -0.4 is 16.2 Å². The lowest BCUT2D eigenvalue weighted by Gasteiger charge is -2.22. The van der Waals surface area contributed by atoms with Gasteiger partial charge in [-0.25, -0.2) is 9.97 Å². The average Bonchev–Trinajstić information content (AvgIpc) is 3.29. The normalized spacial score (nSPS) is 12.1. The number of amides is 1. The summed E-state index contributed by atoms with van der Waals surface area (Å²) >= 11 is 6.41. The van der Waals surface area contributed by atoms with Crippen LogP contribution in [-0.2, 0) is 0 Å². The van der Waals surface area contributed by atoms with Gasteiger partial charge in [0.25, 0.3) is 11.5 Å². The fourth-order valence-electron chi connectivity index (χ4n) is 4.17. The molecule has 8 nitrogen and oxygen atoms in total. The van der Waals surface area contributed by atoms with Crippen molar-refractivity contribution in [3.8, 4) is 5.69 Å². The molecule has 9 heteroatoms. The quantitative estimate of drug-likeness (QED) is 0.350. The lowest BCUT2D eigenvalue weighted by atomic mass is 10.1. The summed E-state index contributed by atoms with van der Waals surface area (Å²) in [5.41, 5.74) is 2.19. The van der Waals surface area contributed by atoms with Crippen molar-refractivity contribution in [2.45, 2.75) is 13.0 Å². The Morgan fingerprint density at radius 1 is 1.09 bits per heavy atom. The second-order valence-electron chi connectivity index (χ2n) is 7.84. The van der Waals surface area contributed by atoms with Crippen molar-refractivity contribution < 1.29 is 4.79 Å². The highest BCUT2D eigenvalue weighted by molar-refractivity contribution is 6.35. The number of aromatic amines is 1. The first-order chi connectivity index (χ1) is 16.5. The van der Waals surface area contributed by atoms with Crippen LogP contribution in [0.3, 0.4) is 0 Å². The fraction of sp³-hybridized carbons (Fsp3) is 0.120. The first-order valence-electron chi connectivity index (χ1n) is 10.7. The van der Waals surface area contributed by atoms with Crippen molar-refractivity contribution >= 4 is 45.1 Å². The Morgan fingerprint density at radius 3 is 2.65 bits per heavy atom. The summed E-state index contributed by atoms with van der Waals surface area (Å²) < 4.78 is 1.65. The molecule has 0 fully saturated rings. The van der Waals surface area contributed by atoms with Gasteiger partial charge in [-0.15, -0.1) is 0 Å². The number of nitrogens with zero attached hydrogens (tertiary/aromatic N) is 3. The number of halogens is 1. The number of para-hydroxylation sites is 1. The number of carbonyl (C=O) groups excluding carboxylic acids is 1. The number of H-pyrrole nitrogens is 1. The SMILES string of the molecule is CNC(=O)c1c[nH]c2ncnc(N[C@@H](C)c3cc4cccc(Cl)c4c(=O)n3-c3ccccc3)c12. The number of fused-ring (bicyclic) bond motifs is 2. The number of carbonyl (C=O) groups is 1. The molecular weight excluding hydrogens is 452 g/mol. The monoisotopic (exact) mass is 472 g/mol. The van der Waals surface area contributed by atoms with E-state index in [1.54, 1.807) is 23.9 Å². The first kappa shape index (κ1) is 21.7. The Labute approximate surface area is 199 Å². The molecule has 34 heavy (non-hydrogen) atoms. The molecule has 0 aliphatic heterocycles. The molecule has 0 spiro atoms. The van der Waals surface area contributed by atoms with Gasteiger partial charge in [0.15, 0.2) is 0 Å². The van der Waals surface area contributed by atoms with Crippen LogP contribution in [0.2, 0.25) is 5.02 Å². The molecule has 0 aliphatic carbocycles. The molecule has 2 aromatic carbocycles. The third kappa shape index (κ3) is 3.58. The Bertz CT molecular complexity index is 1590. The number of hydrogen-bond donors (Lipinski definition) is 3. The highest BCUT2D eigenvalue weighted by atomic mass is 35.5. The van der Waals surface area contributed by atoms with Gasteiger partial charge in [0.1, 0.15) is 17.8 Å². The topological polar surface area (TPSA) is 105 Å². The maximum Gasteiger partial charge on any atom is 0.264 e. The number of pyridine rings is 1. The summed E-state index contributed by atoms with van der Waals surface area (Å²) in [7, 11) is 1.57. The van der Waals surface area contributed by atoms with Gasteiger partial charge in [0.2, 0.25) is 0 Å². The van der Waals surface area contributed by atoms with Gasteiger partial charge >= 0.3 is 0 Å². The molecule has 3 heterocycles. The minimum atomic E-state index is -0.359. The Morgan fingerprint density at radius 2 is 1.88 bits per heavy atom. The third-order valence-electron chi connectivity index (χ3n) is 5.78. The summed E-state index contributed by atoms with van der Waals surface area (Å²) in [4.78, 5) is 37.7. The van der Waals surface area contributed by atoms with Crippen molar-refractivity contribution in [1.82, 2.24) is 24.8 Å². The Hall–Kier alpha value is -4.17. The van der Waals surface area contributed by atoms with Gasteiger partial charge in [-0.05, 0) is 36.6 Å². The number of aromatic nitrogens is 4. The first-order valence-corrected chi connectivity index (χ1v) is 11.1. The Balaban J connectivity index is 1.69. The van der Waals surface area contributed by atoms with E-state index in [9.17, 15) is 9.59 Å². The molecule has 3 aromatic heterocycles. The van der Waals surface area contributed by atoms with Crippen LogP contribution in [0.1, 0.15) is 29.0 Å². The molecule has 170 valence electrons. The highest BCUT2D eigenvalue weighted by Gasteiger charge is 2.21. The van der Waals surface area contributed by atoms with Gasteiger partial charge in [0, 0.05) is 24.6 Å². The van der Waals surface area contributed by atoms with E-state index in [0.717, 1.165) is 16.8 Å². The smallest absolute Gasteiger partial charge is 0.264 e. The number of rotatable bonds is 5. The molecule has 3 N–H and O–H groups in total. The minimum Gasteiger partial charge on any atom is -0.361 e. The van der Waals surface area contributed by atoms with Crippen LogP contribution in [0.15, 0.2) is 71.9 Å². The fourth-order valence-corrected chi connectivity index (χ4v) is 4.43. The molecule has 1 amide bonds. The molecule has 1 atom stereocenters.